The second-order valence-electron chi connectivity index (χ2n) is 3.28. The second kappa shape index (κ2) is 3.69. The van der Waals surface area contributed by atoms with Crippen molar-refractivity contribution in [3.05, 3.63) is 28.5 Å². The highest BCUT2D eigenvalue weighted by Crippen LogP contribution is 2.10. The lowest BCUT2D eigenvalue weighted by atomic mass is 10.5. The van der Waals surface area contributed by atoms with Gasteiger partial charge in [-0.05, 0) is 13.0 Å². The smallest absolute Gasteiger partial charge is 0.280 e. The molecule has 7 heteroatoms. The number of hydrogen-bond acceptors (Lipinski definition) is 5. The first kappa shape index (κ1) is 10.2. The Balaban J connectivity index is 2.73. The average molecular weight is 221 g/mol. The molecule has 0 saturated carbocycles. The number of allylic oxidation sites excluding steroid dienone is 1. The number of aromatic nitrogens is 4. The van der Waals surface area contributed by atoms with Gasteiger partial charge in [-0.25, -0.2) is 4.98 Å². The van der Waals surface area contributed by atoms with Gasteiger partial charge in [-0.3, -0.25) is 9.78 Å². The van der Waals surface area contributed by atoms with Crippen LogP contribution in [0.4, 0.5) is 5.95 Å². The molecule has 0 aromatic carbocycles. The van der Waals surface area contributed by atoms with Gasteiger partial charge in [0.2, 0.25) is 5.95 Å². The second-order valence-corrected chi connectivity index (χ2v) is 3.28. The fourth-order valence-corrected chi connectivity index (χ4v) is 1.51. The van der Waals surface area contributed by atoms with Gasteiger partial charge in [-0.15, -0.1) is 0 Å². The van der Waals surface area contributed by atoms with Crippen LogP contribution >= 0.6 is 0 Å². The quantitative estimate of drug-likeness (QED) is 0.622. The van der Waals surface area contributed by atoms with Crippen molar-refractivity contribution < 1.29 is 5.11 Å². The van der Waals surface area contributed by atoms with Crippen molar-refractivity contribution in [3.63, 3.8) is 0 Å². The number of nitrogens with two attached hydrogens (primary N) is 1. The molecule has 16 heavy (non-hydrogen) atoms. The van der Waals surface area contributed by atoms with Crippen LogP contribution in [0.25, 0.3) is 11.2 Å². The molecular weight excluding hydrogens is 210 g/mol. The molecule has 0 fully saturated rings. The molecule has 0 aliphatic rings. The molecule has 0 unspecified atom stereocenters. The van der Waals surface area contributed by atoms with Crippen LogP contribution in [0, 0.1) is 6.92 Å². The Kier molecular flexibility index (Phi) is 2.35. The fourth-order valence-electron chi connectivity index (χ4n) is 1.51. The van der Waals surface area contributed by atoms with E-state index < -0.39 is 0 Å². The number of imidazole rings is 1. The van der Waals surface area contributed by atoms with E-state index >= 15 is 0 Å². The lowest BCUT2D eigenvalue weighted by Crippen LogP contribution is -2.12. The predicted octanol–water partition coefficient (Wildman–Crippen LogP) is 0.0819. The average Bonchev–Trinajstić information content (AvgIpc) is 2.53. The number of aliphatic hydroxyl groups is 1. The van der Waals surface area contributed by atoms with Crippen LogP contribution in [0.15, 0.2) is 17.1 Å². The molecule has 84 valence electrons. The Morgan fingerprint density at radius 3 is 3.00 bits per heavy atom. The van der Waals surface area contributed by atoms with E-state index in [-0.39, 0.29) is 17.0 Å². The van der Waals surface area contributed by atoms with Gasteiger partial charge in [0.25, 0.3) is 5.56 Å². The number of aryl methyl sites for hydroxylation is 1. The number of aromatic amines is 1. The summed E-state index contributed by atoms with van der Waals surface area (Å²) < 4.78 is 1.69. The van der Waals surface area contributed by atoms with Gasteiger partial charge in [0.15, 0.2) is 11.2 Å². The van der Waals surface area contributed by atoms with Crippen LogP contribution < -0.4 is 11.3 Å². The largest absolute Gasteiger partial charge is 0.516 e. The molecule has 0 radical (unpaired) electrons. The van der Waals surface area contributed by atoms with Gasteiger partial charge in [0, 0.05) is 6.54 Å². The fraction of sp³-hybridized carbons (Fsp3) is 0.222. The normalized spacial score (nSPS) is 11.6. The van der Waals surface area contributed by atoms with E-state index in [2.05, 4.69) is 15.0 Å². The van der Waals surface area contributed by atoms with E-state index in [9.17, 15) is 4.79 Å². The highest BCUT2D eigenvalue weighted by molar-refractivity contribution is 5.71. The summed E-state index contributed by atoms with van der Waals surface area (Å²) in [7, 11) is 0. The van der Waals surface area contributed by atoms with Crippen molar-refractivity contribution in [2.75, 3.05) is 5.73 Å². The lowest BCUT2D eigenvalue weighted by molar-refractivity contribution is 0.469. The third-order valence-electron chi connectivity index (χ3n) is 2.21. The minimum atomic E-state index is -0.364. The molecule has 0 aliphatic heterocycles. The van der Waals surface area contributed by atoms with Gasteiger partial charge in [-0.2, -0.15) is 4.98 Å². The lowest BCUT2D eigenvalue weighted by Gasteiger charge is -2.01. The SMILES string of the molecule is Cc1nc2c(=O)[nH]c(N)nc2n1CC=CO. The number of nitrogens with one attached hydrogen (secondary N) is 1. The molecule has 7 nitrogen and oxygen atoms in total. The zero-order chi connectivity index (χ0) is 11.7. The van der Waals surface area contributed by atoms with Crippen LogP contribution in [-0.2, 0) is 6.54 Å². The van der Waals surface area contributed by atoms with E-state index in [1.54, 1.807) is 11.5 Å². The van der Waals surface area contributed by atoms with E-state index in [1.165, 1.54) is 6.08 Å². The summed E-state index contributed by atoms with van der Waals surface area (Å²) in [5.74, 6) is 0.684. The summed E-state index contributed by atoms with van der Waals surface area (Å²) in [6.45, 7) is 2.14. The molecule has 2 aromatic rings. The van der Waals surface area contributed by atoms with Crippen molar-refractivity contribution in [1.82, 2.24) is 19.5 Å². The zero-order valence-electron chi connectivity index (χ0n) is 8.64. The molecule has 0 bridgehead atoms. The molecule has 0 atom stereocenters. The number of H-pyrrole nitrogens is 1. The molecule has 2 rings (SSSR count). The third-order valence-corrected chi connectivity index (χ3v) is 2.21. The number of aliphatic hydroxyl groups excluding tert-OH is 1. The summed E-state index contributed by atoms with van der Waals surface area (Å²) >= 11 is 0. The van der Waals surface area contributed by atoms with E-state index in [0.29, 0.717) is 18.0 Å². The third kappa shape index (κ3) is 1.52. The Morgan fingerprint density at radius 2 is 2.31 bits per heavy atom. The Morgan fingerprint density at radius 1 is 1.56 bits per heavy atom. The first-order valence-electron chi connectivity index (χ1n) is 4.65. The number of fused-ring (bicyclic) bond motifs is 1. The van der Waals surface area contributed by atoms with E-state index in [4.69, 9.17) is 10.8 Å². The molecule has 2 aromatic heterocycles. The first-order chi connectivity index (χ1) is 7.63. The molecular formula is C9H11N5O2. The van der Waals surface area contributed by atoms with E-state index in [1.807, 2.05) is 0 Å². The monoisotopic (exact) mass is 221 g/mol. The first-order valence-corrected chi connectivity index (χ1v) is 4.65. The van der Waals surface area contributed by atoms with Crippen LogP contribution in [0.1, 0.15) is 5.82 Å². The maximum atomic E-state index is 11.5. The summed E-state index contributed by atoms with van der Waals surface area (Å²) in [6.07, 6.45) is 2.45. The van der Waals surface area contributed by atoms with Crippen molar-refractivity contribution >= 4 is 17.1 Å². The van der Waals surface area contributed by atoms with Crippen LogP contribution in [0.2, 0.25) is 0 Å². The number of nitrogen functional groups attached to an aromatic ring is 1. The molecule has 0 spiro atoms. The van der Waals surface area contributed by atoms with Crippen LogP contribution in [0.5, 0.6) is 0 Å². The van der Waals surface area contributed by atoms with Crippen LogP contribution in [0.3, 0.4) is 0 Å². The Hall–Kier alpha value is -2.31. The topological polar surface area (TPSA) is 110 Å². The van der Waals surface area contributed by atoms with Crippen molar-refractivity contribution in [3.8, 4) is 0 Å². The van der Waals surface area contributed by atoms with E-state index in [0.717, 1.165) is 6.26 Å². The number of hydrogen-bond donors (Lipinski definition) is 3. The summed E-state index contributed by atoms with van der Waals surface area (Å²) in [5.41, 5.74) is 5.75. The molecule has 4 N–H and O–H groups in total. The molecule has 2 heterocycles. The highest BCUT2D eigenvalue weighted by atomic mass is 16.2. The van der Waals surface area contributed by atoms with Crippen molar-refractivity contribution in [2.45, 2.75) is 13.5 Å². The number of rotatable bonds is 2. The molecule has 0 aliphatic carbocycles. The van der Waals surface area contributed by atoms with Gasteiger partial charge in [0.05, 0.1) is 6.26 Å². The summed E-state index contributed by atoms with van der Waals surface area (Å²) in [4.78, 5) is 22.0. The number of anilines is 1. The maximum Gasteiger partial charge on any atom is 0.280 e. The summed E-state index contributed by atoms with van der Waals surface area (Å²) in [5, 5.41) is 8.61. The number of nitrogens with zero attached hydrogens (tertiary/aromatic N) is 3. The Bertz CT molecular complexity index is 610. The highest BCUT2D eigenvalue weighted by Gasteiger charge is 2.11. The maximum absolute atomic E-state index is 11.5. The standard InChI is InChI=1S/C9H11N5O2/c1-5-11-6-7(14(5)3-2-4-15)12-9(10)13-8(6)16/h2,4,15H,3H2,1H3,(H3,10,12,13,16). The minimum absolute atomic E-state index is 0.0478. The Labute approximate surface area is 90.3 Å². The zero-order valence-corrected chi connectivity index (χ0v) is 8.64. The minimum Gasteiger partial charge on any atom is -0.516 e. The predicted molar refractivity (Wildman–Crippen MR) is 59.1 cm³/mol. The summed E-state index contributed by atoms with van der Waals surface area (Å²) in [6, 6.07) is 0. The van der Waals surface area contributed by atoms with Crippen molar-refractivity contribution in [2.24, 2.45) is 0 Å². The van der Waals surface area contributed by atoms with Gasteiger partial charge in [-0.1, -0.05) is 0 Å². The van der Waals surface area contributed by atoms with Gasteiger partial charge in [0.1, 0.15) is 5.82 Å². The molecule has 0 amide bonds. The van der Waals surface area contributed by atoms with Gasteiger partial charge < -0.3 is 15.4 Å². The van der Waals surface area contributed by atoms with Crippen molar-refractivity contribution in [1.29, 1.82) is 0 Å². The van der Waals surface area contributed by atoms with Crippen LogP contribution in [-0.4, -0.2) is 24.6 Å². The molecule has 0 saturated heterocycles. The van der Waals surface area contributed by atoms with Gasteiger partial charge >= 0.3 is 0 Å².